The highest BCUT2D eigenvalue weighted by Crippen LogP contribution is 2.37. The van der Waals surface area contributed by atoms with E-state index in [1.165, 1.54) is 13.8 Å². The molecule has 1 aromatic rings. The van der Waals surface area contributed by atoms with Gasteiger partial charge in [0, 0.05) is 19.8 Å². The van der Waals surface area contributed by atoms with E-state index in [9.17, 15) is 26.3 Å². The summed E-state index contributed by atoms with van der Waals surface area (Å²) in [6.07, 6.45) is -9.57. The molecule has 0 aliphatic carbocycles. The van der Waals surface area contributed by atoms with Crippen LogP contribution in [0.4, 0.5) is 26.3 Å². The first-order chi connectivity index (χ1) is 7.51. The van der Waals surface area contributed by atoms with Gasteiger partial charge in [-0.05, 0) is 6.07 Å². The Morgan fingerprint density at radius 1 is 0.765 bits per heavy atom. The topological polar surface area (TPSA) is 0 Å². The number of alkyl halides is 6. The van der Waals surface area contributed by atoms with Crippen LogP contribution in [0.3, 0.4) is 0 Å². The van der Waals surface area contributed by atoms with Gasteiger partial charge in [0.15, 0.2) is 0 Å². The Balaban J connectivity index is 3.40. The molecule has 0 aromatic heterocycles. The van der Waals surface area contributed by atoms with E-state index in [1.807, 2.05) is 0 Å². The van der Waals surface area contributed by atoms with Crippen LogP contribution in [0.1, 0.15) is 30.5 Å². The van der Waals surface area contributed by atoms with Crippen molar-refractivity contribution in [1.82, 2.24) is 0 Å². The molecule has 0 atom stereocenters. The van der Waals surface area contributed by atoms with Crippen LogP contribution in [0.15, 0.2) is 18.2 Å². The molecule has 17 heavy (non-hydrogen) atoms. The van der Waals surface area contributed by atoms with Crippen LogP contribution in [0, 0.1) is 5.92 Å². The Labute approximate surface area is 94.2 Å². The Morgan fingerprint density at radius 3 is 1.35 bits per heavy atom. The zero-order chi connectivity index (χ0) is 13.4. The summed E-state index contributed by atoms with van der Waals surface area (Å²) in [5, 5.41) is 0. The summed E-state index contributed by atoms with van der Waals surface area (Å²) in [4.78, 5) is 0. The van der Waals surface area contributed by atoms with Crippen molar-refractivity contribution in [3.63, 3.8) is 0 Å². The largest absolute Gasteiger partial charge is 0.428 e. The van der Waals surface area contributed by atoms with Gasteiger partial charge >= 0.3 is 12.4 Å². The second-order valence-corrected chi connectivity index (χ2v) is 3.79. The van der Waals surface area contributed by atoms with Crippen molar-refractivity contribution >= 4 is 0 Å². The van der Waals surface area contributed by atoms with Crippen molar-refractivity contribution < 1.29 is 26.3 Å². The van der Waals surface area contributed by atoms with Crippen molar-refractivity contribution in [2.24, 2.45) is 0 Å². The maximum absolute atomic E-state index is 12.4. The molecule has 6 heteroatoms. The maximum Gasteiger partial charge on any atom is 0.428 e. The van der Waals surface area contributed by atoms with E-state index in [0.29, 0.717) is 18.1 Å². The van der Waals surface area contributed by atoms with E-state index < -0.39 is 23.5 Å². The highest BCUT2D eigenvalue weighted by Gasteiger charge is 2.40. The Bertz CT molecular complexity index is 367. The number of rotatable bonds is 1. The lowest BCUT2D eigenvalue weighted by molar-refractivity contribution is -0.143. The minimum Gasteiger partial charge on any atom is -0.165 e. The zero-order valence-corrected chi connectivity index (χ0v) is 9.00. The smallest absolute Gasteiger partial charge is 0.165 e. The van der Waals surface area contributed by atoms with E-state index in [0.717, 1.165) is 0 Å². The molecule has 0 aliphatic heterocycles. The number of hydrogen-bond acceptors (Lipinski definition) is 0. The van der Waals surface area contributed by atoms with Crippen LogP contribution in [0.2, 0.25) is 0 Å². The molecule has 0 unspecified atom stereocenters. The van der Waals surface area contributed by atoms with E-state index in [2.05, 4.69) is 0 Å². The first-order valence-electron chi connectivity index (χ1n) is 4.62. The number of halogens is 6. The second kappa shape index (κ2) is 4.16. The van der Waals surface area contributed by atoms with Crippen LogP contribution in [-0.4, -0.2) is 0 Å². The van der Waals surface area contributed by atoms with Gasteiger partial charge in [0.25, 0.3) is 0 Å². The normalized spacial score (nSPS) is 12.7. The van der Waals surface area contributed by atoms with Crippen molar-refractivity contribution in [3.8, 4) is 0 Å². The number of hydrogen-bond donors (Lipinski definition) is 0. The third kappa shape index (κ3) is 3.31. The molecule has 0 aliphatic rings. The summed E-state index contributed by atoms with van der Waals surface area (Å²) in [5.74, 6) is 0.390. The average Bonchev–Trinajstić information content (AvgIpc) is 2.14. The summed E-state index contributed by atoms with van der Waals surface area (Å²) in [7, 11) is 0. The molecule has 0 amide bonds. The molecule has 1 rings (SSSR count). The summed E-state index contributed by atoms with van der Waals surface area (Å²) in [6.45, 7) is 2.91. The molecule has 0 heterocycles. The monoisotopic (exact) mass is 255 g/mol. The molecule has 94 valence electrons. The van der Waals surface area contributed by atoms with Gasteiger partial charge in [-0.25, -0.2) is 0 Å². The highest BCUT2D eigenvalue weighted by atomic mass is 19.4. The van der Waals surface area contributed by atoms with Gasteiger partial charge in [-0.2, -0.15) is 26.3 Å². The van der Waals surface area contributed by atoms with Gasteiger partial charge in [-0.1, -0.05) is 0 Å². The fourth-order valence-corrected chi connectivity index (χ4v) is 1.24. The third-order valence-corrected chi connectivity index (χ3v) is 2.17. The summed E-state index contributed by atoms with van der Waals surface area (Å²) < 4.78 is 74.5. The Kier molecular flexibility index (Phi) is 3.36. The van der Waals surface area contributed by atoms with Gasteiger partial charge in [0.05, 0.1) is 12.1 Å². The number of benzene rings is 1. The van der Waals surface area contributed by atoms with Crippen molar-refractivity contribution in [3.05, 3.63) is 40.8 Å². The first-order valence-corrected chi connectivity index (χ1v) is 4.62. The zero-order valence-electron chi connectivity index (χ0n) is 9.00. The fraction of sp³-hybridized carbons (Fsp3) is 0.364. The average molecular weight is 255 g/mol. The molecule has 0 saturated carbocycles. The van der Waals surface area contributed by atoms with Crippen molar-refractivity contribution in [2.45, 2.75) is 26.2 Å². The summed E-state index contributed by atoms with van der Waals surface area (Å²) >= 11 is 0. The quantitative estimate of drug-likeness (QED) is 0.504. The van der Waals surface area contributed by atoms with Crippen LogP contribution < -0.4 is 0 Å². The van der Waals surface area contributed by atoms with Crippen LogP contribution in [0.5, 0.6) is 0 Å². The van der Waals surface area contributed by atoms with Crippen molar-refractivity contribution in [1.29, 1.82) is 0 Å². The summed E-state index contributed by atoms with van der Waals surface area (Å²) in [6, 6.07) is 1.54. The van der Waals surface area contributed by atoms with Crippen LogP contribution in [-0.2, 0) is 12.4 Å². The molecule has 0 N–H and O–H groups in total. The molecule has 0 fully saturated rings. The van der Waals surface area contributed by atoms with E-state index in [-0.39, 0.29) is 11.6 Å². The molecule has 0 radical (unpaired) electrons. The molecule has 1 aromatic carbocycles. The predicted molar refractivity (Wildman–Crippen MR) is 50.1 cm³/mol. The minimum absolute atomic E-state index is 0.0628. The molecular formula is C11H9F6+. The second-order valence-electron chi connectivity index (χ2n) is 3.79. The van der Waals surface area contributed by atoms with Gasteiger partial charge < -0.3 is 0 Å². The van der Waals surface area contributed by atoms with E-state index >= 15 is 0 Å². The molecule has 0 spiro atoms. The van der Waals surface area contributed by atoms with Gasteiger partial charge in [-0.15, -0.1) is 0 Å². The van der Waals surface area contributed by atoms with Gasteiger partial charge in [0.2, 0.25) is 0 Å². The SMILES string of the molecule is C[C+](C)c1cc(C(F)(F)F)cc(C(F)(F)F)c1. The van der Waals surface area contributed by atoms with Crippen LogP contribution in [0.25, 0.3) is 0 Å². The van der Waals surface area contributed by atoms with Crippen LogP contribution >= 0.6 is 0 Å². The third-order valence-electron chi connectivity index (χ3n) is 2.17. The lowest BCUT2D eigenvalue weighted by Gasteiger charge is -2.10. The van der Waals surface area contributed by atoms with Gasteiger partial charge in [-0.3, -0.25) is 0 Å². The standard InChI is InChI=1S/C11H9F6/c1-6(2)7-3-8(10(12,13)14)5-9(4-7)11(15,16)17/h3-5H,1-2H3/q+1. The highest BCUT2D eigenvalue weighted by molar-refractivity contribution is 5.39. The van der Waals surface area contributed by atoms with E-state index in [1.54, 1.807) is 0 Å². The molecule has 0 nitrogen and oxygen atoms in total. The lowest BCUT2D eigenvalue weighted by Crippen LogP contribution is -2.12. The van der Waals surface area contributed by atoms with Gasteiger partial charge in [0.1, 0.15) is 16.7 Å². The maximum atomic E-state index is 12.4. The summed E-state index contributed by atoms with van der Waals surface area (Å²) in [5.41, 5.74) is -2.64. The lowest BCUT2D eigenvalue weighted by atomic mass is 9.97. The minimum atomic E-state index is -4.79. The molecule has 0 bridgehead atoms. The first kappa shape index (κ1) is 13.7. The molecule has 0 saturated heterocycles. The molecular weight excluding hydrogens is 246 g/mol. The predicted octanol–water partition coefficient (Wildman–Crippen LogP) is 4.69. The fourth-order valence-electron chi connectivity index (χ4n) is 1.24. The van der Waals surface area contributed by atoms with E-state index in [4.69, 9.17) is 0 Å². The Morgan fingerprint density at radius 2 is 1.12 bits per heavy atom. The Hall–Kier alpha value is -1.33. The van der Waals surface area contributed by atoms with Crippen molar-refractivity contribution in [2.75, 3.05) is 0 Å².